The molecule has 1 heterocycles. The van der Waals surface area contributed by atoms with Crippen molar-refractivity contribution >= 4 is 23.2 Å². The van der Waals surface area contributed by atoms with Crippen molar-refractivity contribution in [2.75, 3.05) is 24.6 Å². The van der Waals surface area contributed by atoms with Gasteiger partial charge in [0.25, 0.3) is 0 Å². The van der Waals surface area contributed by atoms with Gasteiger partial charge in [-0.2, -0.15) is 0 Å². The second-order valence-corrected chi connectivity index (χ2v) is 8.16. The van der Waals surface area contributed by atoms with E-state index in [9.17, 15) is 4.79 Å². The van der Waals surface area contributed by atoms with Crippen LogP contribution in [0, 0.1) is 5.41 Å². The Balaban J connectivity index is 1.59. The van der Waals surface area contributed by atoms with Crippen molar-refractivity contribution in [3.05, 3.63) is 29.3 Å². The number of hydrogen-bond acceptors (Lipinski definition) is 4. The van der Waals surface area contributed by atoms with Crippen LogP contribution in [0.4, 0.5) is 5.69 Å². The normalized spacial score (nSPS) is 30.8. The van der Waals surface area contributed by atoms with Crippen molar-refractivity contribution in [2.24, 2.45) is 11.1 Å². The summed E-state index contributed by atoms with van der Waals surface area (Å²) in [6.07, 6.45) is 1.52. The van der Waals surface area contributed by atoms with Crippen LogP contribution in [0.3, 0.4) is 0 Å². The third-order valence-corrected chi connectivity index (χ3v) is 6.17. The third kappa shape index (κ3) is 3.25. The van der Waals surface area contributed by atoms with E-state index in [1.54, 1.807) is 0 Å². The second-order valence-electron chi connectivity index (χ2n) is 7.73. The molecule has 0 aromatic heterocycles. The van der Waals surface area contributed by atoms with Gasteiger partial charge in [-0.3, -0.25) is 4.79 Å². The summed E-state index contributed by atoms with van der Waals surface area (Å²) in [7, 11) is 0. The van der Waals surface area contributed by atoms with Gasteiger partial charge in [-0.15, -0.1) is 0 Å². The van der Waals surface area contributed by atoms with E-state index in [1.807, 2.05) is 45.0 Å². The summed E-state index contributed by atoms with van der Waals surface area (Å²) >= 11 is 6.08. The van der Waals surface area contributed by atoms with Gasteiger partial charge in [0.2, 0.25) is 5.91 Å². The number of carbonyl (C=O) groups is 1. The zero-order valence-corrected chi connectivity index (χ0v) is 16.0. The highest BCUT2D eigenvalue weighted by Gasteiger charge is 2.63. The van der Waals surface area contributed by atoms with Crippen molar-refractivity contribution in [2.45, 2.75) is 51.3 Å². The second kappa shape index (κ2) is 6.78. The number of rotatable bonds is 5. The zero-order chi connectivity index (χ0) is 18.2. The van der Waals surface area contributed by atoms with Gasteiger partial charge in [-0.25, -0.2) is 0 Å². The molecule has 1 amide bonds. The number of nitrogens with two attached hydrogens (primary N) is 1. The highest BCUT2D eigenvalue weighted by Crippen LogP contribution is 2.49. The number of amides is 1. The smallest absolute Gasteiger partial charge is 0.241 e. The van der Waals surface area contributed by atoms with Crippen molar-refractivity contribution in [3.8, 4) is 0 Å². The molecule has 3 rings (SSSR count). The fourth-order valence-corrected chi connectivity index (χ4v) is 4.10. The topological polar surface area (TPSA) is 67.6 Å². The molecule has 1 aliphatic carbocycles. The summed E-state index contributed by atoms with van der Waals surface area (Å²) in [5.74, 6) is -0.0635. The van der Waals surface area contributed by atoms with Crippen molar-refractivity contribution in [3.63, 3.8) is 0 Å². The maximum Gasteiger partial charge on any atom is 0.241 e. The van der Waals surface area contributed by atoms with Gasteiger partial charge in [0.05, 0.1) is 6.10 Å². The van der Waals surface area contributed by atoms with Crippen LogP contribution in [0.2, 0.25) is 5.02 Å². The summed E-state index contributed by atoms with van der Waals surface area (Å²) in [6.45, 7) is 8.32. The van der Waals surface area contributed by atoms with E-state index >= 15 is 0 Å². The van der Waals surface area contributed by atoms with Crippen LogP contribution in [0.5, 0.6) is 0 Å². The Morgan fingerprint density at radius 1 is 1.48 bits per heavy atom. The van der Waals surface area contributed by atoms with Crippen LogP contribution in [-0.4, -0.2) is 43.3 Å². The Kier molecular flexibility index (Phi) is 5.02. The molecule has 0 radical (unpaired) electrons. The number of hydrogen-bond donors (Lipinski definition) is 2. The summed E-state index contributed by atoms with van der Waals surface area (Å²) in [5, 5.41) is 3.89. The number of nitrogens with zero attached hydrogens (tertiary/aromatic N) is 1. The van der Waals surface area contributed by atoms with E-state index in [1.165, 1.54) is 0 Å². The van der Waals surface area contributed by atoms with Crippen molar-refractivity contribution < 1.29 is 9.53 Å². The number of carbonyl (C=O) groups excluding carboxylic acids is 1. The number of benzene rings is 1. The Morgan fingerprint density at radius 3 is 2.88 bits per heavy atom. The van der Waals surface area contributed by atoms with E-state index in [2.05, 4.69) is 10.2 Å². The first-order valence-corrected chi connectivity index (χ1v) is 9.37. The fraction of sp³-hybridized carbons (Fsp3) is 0.632. The fourth-order valence-electron chi connectivity index (χ4n) is 3.92. The lowest BCUT2D eigenvalue weighted by Crippen LogP contribution is -2.76. The lowest BCUT2D eigenvalue weighted by molar-refractivity contribution is -0.171. The minimum Gasteiger partial charge on any atom is -0.378 e. The lowest BCUT2D eigenvalue weighted by atomic mass is 9.54. The van der Waals surface area contributed by atoms with E-state index in [4.69, 9.17) is 22.1 Å². The molecule has 0 spiro atoms. The molecule has 6 heteroatoms. The quantitative estimate of drug-likeness (QED) is 0.841. The molecule has 25 heavy (non-hydrogen) atoms. The monoisotopic (exact) mass is 365 g/mol. The van der Waals surface area contributed by atoms with Crippen molar-refractivity contribution in [1.82, 2.24) is 5.32 Å². The van der Waals surface area contributed by atoms with Gasteiger partial charge >= 0.3 is 0 Å². The van der Waals surface area contributed by atoms with Gasteiger partial charge in [-0.1, -0.05) is 31.5 Å². The molecule has 3 unspecified atom stereocenters. The Hall–Kier alpha value is -1.30. The van der Waals surface area contributed by atoms with E-state index < -0.39 is 5.54 Å². The maximum atomic E-state index is 12.8. The summed E-state index contributed by atoms with van der Waals surface area (Å²) in [5.41, 5.74) is 6.33. The highest BCUT2D eigenvalue weighted by molar-refractivity contribution is 6.30. The van der Waals surface area contributed by atoms with Gasteiger partial charge in [0.15, 0.2) is 0 Å². The summed E-state index contributed by atoms with van der Waals surface area (Å²) in [6, 6.07) is 7.92. The van der Waals surface area contributed by atoms with Gasteiger partial charge in [-0.05, 0) is 31.5 Å². The molecule has 2 aliphatic rings. The molecule has 1 aliphatic heterocycles. The SMILES string of the molecule is CCOC1CC(N)(C(=O)NC2CCN(c3cccc(Cl)c3)C2)C1(C)C. The van der Waals surface area contributed by atoms with Gasteiger partial charge in [0.1, 0.15) is 5.54 Å². The van der Waals surface area contributed by atoms with Gasteiger partial charge < -0.3 is 20.7 Å². The largest absolute Gasteiger partial charge is 0.378 e. The molecule has 1 aromatic carbocycles. The van der Waals surface area contributed by atoms with Crippen LogP contribution < -0.4 is 16.0 Å². The number of ether oxygens (including phenoxy) is 1. The van der Waals surface area contributed by atoms with Crippen molar-refractivity contribution in [1.29, 1.82) is 0 Å². The first-order chi connectivity index (χ1) is 11.8. The molecular formula is C19H28ClN3O2. The summed E-state index contributed by atoms with van der Waals surface area (Å²) in [4.78, 5) is 15.1. The average molecular weight is 366 g/mol. The Labute approximate surface area is 154 Å². The molecule has 3 atom stereocenters. The predicted octanol–water partition coefficient (Wildman–Crippen LogP) is 2.57. The molecular weight excluding hydrogens is 338 g/mol. The van der Waals surface area contributed by atoms with Crippen LogP contribution in [0.1, 0.15) is 33.6 Å². The van der Waals surface area contributed by atoms with Crippen LogP contribution in [0.15, 0.2) is 24.3 Å². The zero-order valence-electron chi connectivity index (χ0n) is 15.2. The van der Waals surface area contributed by atoms with Crippen LogP contribution >= 0.6 is 11.6 Å². The highest BCUT2D eigenvalue weighted by atomic mass is 35.5. The summed E-state index contributed by atoms with van der Waals surface area (Å²) < 4.78 is 5.71. The number of anilines is 1. The molecule has 0 bridgehead atoms. The lowest BCUT2D eigenvalue weighted by Gasteiger charge is -2.57. The standard InChI is InChI=1S/C19H28ClN3O2/c1-4-25-16-11-19(21,18(16,2)3)17(24)22-14-8-9-23(12-14)15-7-5-6-13(20)10-15/h5-7,10,14,16H,4,8-9,11-12,21H2,1-3H3,(H,22,24). The first kappa shape index (κ1) is 18.5. The molecule has 138 valence electrons. The van der Waals surface area contributed by atoms with Crippen LogP contribution in [-0.2, 0) is 9.53 Å². The molecule has 1 saturated heterocycles. The third-order valence-electron chi connectivity index (χ3n) is 5.93. The number of halogens is 1. The molecule has 1 aromatic rings. The molecule has 3 N–H and O–H groups in total. The molecule has 1 saturated carbocycles. The maximum absolute atomic E-state index is 12.8. The minimum absolute atomic E-state index is 0.0415. The number of nitrogens with one attached hydrogen (secondary N) is 1. The molecule has 2 fully saturated rings. The van der Waals surface area contributed by atoms with E-state index in [-0.39, 0.29) is 23.5 Å². The van der Waals surface area contributed by atoms with Crippen LogP contribution in [0.25, 0.3) is 0 Å². The average Bonchev–Trinajstić information content (AvgIpc) is 3.03. The molecule has 5 nitrogen and oxygen atoms in total. The first-order valence-electron chi connectivity index (χ1n) is 9.00. The predicted molar refractivity (Wildman–Crippen MR) is 101 cm³/mol. The van der Waals surface area contributed by atoms with E-state index in [0.717, 1.165) is 30.2 Å². The Bertz CT molecular complexity index is 651. The Morgan fingerprint density at radius 2 is 2.24 bits per heavy atom. The van der Waals surface area contributed by atoms with Gasteiger partial charge in [0, 0.05) is 48.3 Å². The van der Waals surface area contributed by atoms with E-state index in [0.29, 0.717) is 13.0 Å². The minimum atomic E-state index is -0.865.